The number of unbranched alkanes of at least 4 members (excludes halogenated alkanes) is 2. The van der Waals surface area contributed by atoms with Gasteiger partial charge < -0.3 is 10.6 Å². The topological polar surface area (TPSA) is 99.7 Å². The Labute approximate surface area is 178 Å². The maximum Gasteiger partial charge on any atom is 0.263 e. The van der Waals surface area contributed by atoms with E-state index < -0.39 is 10.0 Å². The highest BCUT2D eigenvalue weighted by Crippen LogP contribution is 2.22. The molecule has 30 heavy (non-hydrogen) atoms. The summed E-state index contributed by atoms with van der Waals surface area (Å²) in [7, 11) is -3.48. The van der Waals surface area contributed by atoms with Gasteiger partial charge in [0.2, 0.25) is 5.91 Å². The molecular weight excluding hydrogens is 400 g/mol. The number of anilines is 1. The van der Waals surface area contributed by atoms with Crippen molar-refractivity contribution >= 4 is 27.5 Å². The number of amidine groups is 1. The molecular formula is C22H28N4O3S. The van der Waals surface area contributed by atoms with Crippen molar-refractivity contribution in [1.82, 2.24) is 10.0 Å². The Morgan fingerprint density at radius 1 is 0.900 bits per heavy atom. The van der Waals surface area contributed by atoms with Gasteiger partial charge in [-0.1, -0.05) is 36.8 Å². The van der Waals surface area contributed by atoms with E-state index in [0.29, 0.717) is 30.9 Å². The minimum absolute atomic E-state index is 0.0681. The number of sulfonamides is 1. The molecule has 0 aromatic heterocycles. The molecule has 7 nitrogen and oxygen atoms in total. The molecule has 160 valence electrons. The van der Waals surface area contributed by atoms with Gasteiger partial charge in [0, 0.05) is 37.3 Å². The molecule has 0 saturated heterocycles. The predicted molar refractivity (Wildman–Crippen MR) is 119 cm³/mol. The zero-order chi connectivity index (χ0) is 21.2. The van der Waals surface area contributed by atoms with Crippen molar-refractivity contribution in [3.05, 3.63) is 60.2 Å². The minimum Gasteiger partial charge on any atom is -0.385 e. The van der Waals surface area contributed by atoms with Crippen LogP contribution in [0.5, 0.6) is 0 Å². The molecule has 3 N–H and O–H groups in total. The second-order valence-corrected chi connectivity index (χ2v) is 8.79. The van der Waals surface area contributed by atoms with Crippen molar-refractivity contribution in [2.75, 3.05) is 25.0 Å². The molecule has 0 spiro atoms. The van der Waals surface area contributed by atoms with Crippen LogP contribution in [-0.2, 0) is 14.8 Å². The number of aliphatic imine (C=N–C) groups is 1. The van der Waals surface area contributed by atoms with Crippen molar-refractivity contribution in [2.24, 2.45) is 4.99 Å². The average Bonchev–Trinajstić information content (AvgIpc) is 3.01. The molecule has 0 aliphatic carbocycles. The number of rotatable bonds is 11. The van der Waals surface area contributed by atoms with E-state index in [1.807, 2.05) is 30.3 Å². The highest BCUT2D eigenvalue weighted by molar-refractivity contribution is 7.90. The summed E-state index contributed by atoms with van der Waals surface area (Å²) < 4.78 is 26.6. The molecule has 1 aliphatic heterocycles. The Balaban J connectivity index is 1.25. The van der Waals surface area contributed by atoms with Crippen LogP contribution in [0.4, 0.5) is 5.69 Å². The number of hydrogen-bond acceptors (Lipinski definition) is 5. The number of nitrogens with one attached hydrogen (secondary N) is 3. The van der Waals surface area contributed by atoms with Crippen LogP contribution in [0.2, 0.25) is 0 Å². The molecule has 0 fully saturated rings. The fraction of sp³-hybridized carbons (Fsp3) is 0.364. The first-order valence-corrected chi connectivity index (χ1v) is 11.8. The standard InChI is InChI=1S/C22H28N4O3S/c27-21(24-17-9-16-23-18-10-3-1-4-11-18)14-5-2-8-15-25-22-19-12-6-7-13-20(19)30(28,29)26-22/h1,3-4,6-7,10-13,23H,2,5,8-9,14-17H2,(H,24,27)(H,25,26). The SMILES string of the molecule is O=C(CCCCCN=C1NS(=O)(=O)c2ccccc21)NCCCNc1ccccc1. The third-order valence-electron chi connectivity index (χ3n) is 4.77. The molecule has 1 heterocycles. The number of fused-ring (bicyclic) bond motifs is 1. The van der Waals surface area contributed by atoms with Crippen molar-refractivity contribution in [1.29, 1.82) is 0 Å². The summed E-state index contributed by atoms with van der Waals surface area (Å²) in [5.74, 6) is 0.478. The third-order valence-corrected chi connectivity index (χ3v) is 6.17. The second kappa shape index (κ2) is 10.8. The maximum absolute atomic E-state index is 12.0. The molecule has 0 unspecified atom stereocenters. The first-order chi connectivity index (χ1) is 14.6. The van der Waals surface area contributed by atoms with E-state index in [9.17, 15) is 13.2 Å². The lowest BCUT2D eigenvalue weighted by molar-refractivity contribution is -0.121. The minimum atomic E-state index is -3.48. The number of benzene rings is 2. The van der Waals surface area contributed by atoms with Crippen LogP contribution < -0.4 is 15.4 Å². The lowest BCUT2D eigenvalue weighted by atomic mass is 10.2. The fourth-order valence-corrected chi connectivity index (χ4v) is 4.46. The Hall–Kier alpha value is -2.87. The van der Waals surface area contributed by atoms with E-state index in [1.165, 1.54) is 0 Å². The summed E-state index contributed by atoms with van der Waals surface area (Å²) in [5.41, 5.74) is 1.71. The van der Waals surface area contributed by atoms with Crippen LogP contribution >= 0.6 is 0 Å². The Bertz CT molecular complexity index is 975. The van der Waals surface area contributed by atoms with E-state index in [2.05, 4.69) is 20.3 Å². The van der Waals surface area contributed by atoms with Crippen molar-refractivity contribution < 1.29 is 13.2 Å². The first-order valence-electron chi connectivity index (χ1n) is 10.3. The van der Waals surface area contributed by atoms with Crippen molar-refractivity contribution in [3.63, 3.8) is 0 Å². The van der Waals surface area contributed by atoms with Gasteiger partial charge in [-0.3, -0.25) is 14.5 Å². The van der Waals surface area contributed by atoms with Crippen molar-refractivity contribution in [3.8, 4) is 0 Å². The number of para-hydroxylation sites is 1. The number of hydrogen-bond donors (Lipinski definition) is 3. The zero-order valence-electron chi connectivity index (χ0n) is 16.9. The summed E-state index contributed by atoms with van der Waals surface area (Å²) in [6.07, 6.45) is 3.84. The van der Waals surface area contributed by atoms with Crippen LogP contribution in [0, 0.1) is 0 Å². The molecule has 2 aromatic rings. The van der Waals surface area contributed by atoms with Gasteiger partial charge in [-0.25, -0.2) is 8.42 Å². The molecule has 3 rings (SSSR count). The summed E-state index contributed by atoms with van der Waals surface area (Å²) in [6.45, 7) is 2.00. The van der Waals surface area contributed by atoms with Crippen LogP contribution in [0.15, 0.2) is 64.5 Å². The summed E-state index contributed by atoms with van der Waals surface area (Å²) >= 11 is 0. The Morgan fingerprint density at radius 2 is 1.67 bits per heavy atom. The van der Waals surface area contributed by atoms with Gasteiger partial charge in [-0.05, 0) is 43.5 Å². The lowest BCUT2D eigenvalue weighted by Crippen LogP contribution is -2.25. The normalized spacial score (nSPS) is 15.4. The number of carbonyl (C=O) groups excluding carboxylic acids is 1. The maximum atomic E-state index is 12.0. The van der Waals surface area contributed by atoms with Crippen LogP contribution in [0.1, 0.15) is 37.7 Å². The molecule has 1 aliphatic rings. The molecule has 0 bridgehead atoms. The molecule has 0 saturated carbocycles. The second-order valence-electron chi connectivity index (χ2n) is 7.14. The fourth-order valence-electron chi connectivity index (χ4n) is 3.21. The summed E-state index contributed by atoms with van der Waals surface area (Å²) in [5, 5.41) is 6.25. The van der Waals surface area contributed by atoms with Gasteiger partial charge in [0.1, 0.15) is 5.84 Å². The highest BCUT2D eigenvalue weighted by Gasteiger charge is 2.29. The van der Waals surface area contributed by atoms with Crippen molar-refractivity contribution in [2.45, 2.75) is 37.0 Å². The predicted octanol–water partition coefficient (Wildman–Crippen LogP) is 2.90. The van der Waals surface area contributed by atoms with Gasteiger partial charge in [-0.15, -0.1) is 0 Å². The van der Waals surface area contributed by atoms with Crippen LogP contribution in [0.3, 0.4) is 0 Å². The van der Waals surface area contributed by atoms with Gasteiger partial charge in [0.25, 0.3) is 10.0 Å². The van der Waals surface area contributed by atoms with Gasteiger partial charge in [-0.2, -0.15) is 0 Å². The van der Waals surface area contributed by atoms with Gasteiger partial charge in [0.15, 0.2) is 0 Å². The third kappa shape index (κ3) is 6.32. The quantitative estimate of drug-likeness (QED) is 0.479. The van der Waals surface area contributed by atoms with E-state index in [4.69, 9.17) is 0 Å². The highest BCUT2D eigenvalue weighted by atomic mass is 32.2. The first kappa shape index (κ1) is 21.8. The average molecular weight is 429 g/mol. The number of amides is 1. The summed E-state index contributed by atoms with van der Waals surface area (Å²) in [4.78, 5) is 16.6. The molecule has 1 amide bonds. The smallest absolute Gasteiger partial charge is 0.263 e. The molecule has 0 atom stereocenters. The van der Waals surface area contributed by atoms with Gasteiger partial charge in [0.05, 0.1) is 4.90 Å². The molecule has 8 heteroatoms. The largest absolute Gasteiger partial charge is 0.385 e. The molecule has 2 aromatic carbocycles. The van der Waals surface area contributed by atoms with E-state index in [0.717, 1.165) is 37.9 Å². The Kier molecular flexibility index (Phi) is 7.84. The summed E-state index contributed by atoms with van der Waals surface area (Å²) in [6, 6.07) is 16.8. The lowest BCUT2D eigenvalue weighted by Gasteiger charge is -2.07. The number of nitrogens with zero attached hydrogens (tertiary/aromatic N) is 1. The monoisotopic (exact) mass is 428 g/mol. The number of carbonyl (C=O) groups is 1. The zero-order valence-corrected chi connectivity index (χ0v) is 17.7. The van der Waals surface area contributed by atoms with E-state index in [1.54, 1.807) is 24.3 Å². The van der Waals surface area contributed by atoms with Crippen LogP contribution in [-0.4, -0.2) is 39.8 Å². The van der Waals surface area contributed by atoms with Crippen LogP contribution in [0.25, 0.3) is 0 Å². The van der Waals surface area contributed by atoms with E-state index in [-0.39, 0.29) is 10.8 Å². The Morgan fingerprint density at radius 3 is 2.50 bits per heavy atom. The van der Waals surface area contributed by atoms with Gasteiger partial charge >= 0.3 is 0 Å². The van der Waals surface area contributed by atoms with E-state index >= 15 is 0 Å². The molecule has 0 radical (unpaired) electrons.